The minimum Gasteiger partial charge on any atom is -0.443 e. The van der Waals surface area contributed by atoms with E-state index in [1.807, 2.05) is 4.90 Å². The van der Waals surface area contributed by atoms with Gasteiger partial charge in [-0.15, -0.1) is 0 Å². The van der Waals surface area contributed by atoms with Gasteiger partial charge in [0.2, 0.25) is 5.91 Å². The fraction of sp³-hybridized carbons (Fsp3) is 0.414. The smallest absolute Gasteiger partial charge is 0.435 e. The Kier molecular flexibility index (Phi) is 11.2. The Morgan fingerprint density at radius 3 is 1.67 bits per heavy atom. The summed E-state index contributed by atoms with van der Waals surface area (Å²) in [7, 11) is 0. The molecule has 0 radical (unpaired) electrons. The second kappa shape index (κ2) is 15.3. The Bertz CT molecular complexity index is 1520. The number of nitro groups is 2. The van der Waals surface area contributed by atoms with Crippen LogP contribution in [-0.4, -0.2) is 98.3 Å². The van der Waals surface area contributed by atoms with Crippen molar-refractivity contribution in [3.05, 3.63) is 79.9 Å². The second-order valence-corrected chi connectivity index (χ2v) is 11.4. The average Bonchev–Trinajstić information content (AvgIpc) is 3.44. The standard InChI is InChI=1S/C29H33N7O9S/c1-19(30-28(38)44-17-21-3-7-23(8-4-21)35(40)41)32-11-13-33(14-12-32)27(37)26-15-25(46)16-34(26)20(2)31-29(39)45-18-22-5-9-24(10-6-22)36(42)43/h3-10,25-26,46H,11-18H2,1-2H3/t25-,26-/m0/s1. The first-order valence-electron chi connectivity index (χ1n) is 14.3. The number of amides is 3. The van der Waals surface area contributed by atoms with Crippen LogP contribution in [0.5, 0.6) is 0 Å². The summed E-state index contributed by atoms with van der Waals surface area (Å²) in [4.78, 5) is 72.1. The lowest BCUT2D eigenvalue weighted by Gasteiger charge is -2.38. The summed E-state index contributed by atoms with van der Waals surface area (Å²) in [5, 5.41) is 21.5. The minimum absolute atomic E-state index is 0.0608. The fourth-order valence-corrected chi connectivity index (χ4v) is 5.42. The number of ether oxygens (including phenoxy) is 2. The van der Waals surface area contributed by atoms with Crippen LogP contribution in [0.25, 0.3) is 0 Å². The van der Waals surface area contributed by atoms with Crippen molar-refractivity contribution < 1.29 is 33.7 Å². The number of amidine groups is 2. The maximum Gasteiger partial charge on any atom is 0.435 e. The third kappa shape index (κ3) is 8.99. The molecule has 0 bridgehead atoms. The number of carbonyl (C=O) groups excluding carboxylic acids is 3. The lowest BCUT2D eigenvalue weighted by molar-refractivity contribution is -0.385. The summed E-state index contributed by atoms with van der Waals surface area (Å²) in [5.41, 5.74) is 1.02. The van der Waals surface area contributed by atoms with Gasteiger partial charge in [-0.1, -0.05) is 0 Å². The molecule has 244 valence electrons. The number of thiol groups is 1. The second-order valence-electron chi connectivity index (χ2n) is 10.6. The van der Waals surface area contributed by atoms with Gasteiger partial charge >= 0.3 is 12.2 Å². The summed E-state index contributed by atoms with van der Waals surface area (Å²) in [6.45, 7) is 5.17. The number of benzene rings is 2. The van der Waals surface area contributed by atoms with Crippen molar-refractivity contribution >= 4 is 53.8 Å². The molecule has 2 aliphatic heterocycles. The summed E-state index contributed by atoms with van der Waals surface area (Å²) in [5.74, 6) is 0.633. The Morgan fingerprint density at radius 2 is 1.22 bits per heavy atom. The van der Waals surface area contributed by atoms with Crippen LogP contribution in [0.15, 0.2) is 58.5 Å². The predicted octanol–water partition coefficient (Wildman–Crippen LogP) is 3.83. The van der Waals surface area contributed by atoms with Gasteiger partial charge in [0.1, 0.15) is 30.9 Å². The average molecular weight is 656 g/mol. The van der Waals surface area contributed by atoms with Gasteiger partial charge < -0.3 is 24.2 Å². The van der Waals surface area contributed by atoms with E-state index in [1.54, 1.807) is 23.6 Å². The van der Waals surface area contributed by atoms with E-state index in [9.17, 15) is 34.6 Å². The van der Waals surface area contributed by atoms with Crippen LogP contribution < -0.4 is 0 Å². The zero-order chi connectivity index (χ0) is 33.4. The van der Waals surface area contributed by atoms with Crippen LogP contribution in [0.3, 0.4) is 0 Å². The van der Waals surface area contributed by atoms with Gasteiger partial charge in [0, 0.05) is 62.2 Å². The summed E-state index contributed by atoms with van der Waals surface area (Å²) < 4.78 is 10.4. The van der Waals surface area contributed by atoms with Gasteiger partial charge in [-0.2, -0.15) is 22.6 Å². The van der Waals surface area contributed by atoms with Crippen LogP contribution in [0.4, 0.5) is 21.0 Å². The highest BCUT2D eigenvalue weighted by atomic mass is 32.1. The number of aliphatic imine (C=N–C) groups is 2. The van der Waals surface area contributed by atoms with Crippen molar-refractivity contribution in [1.29, 1.82) is 0 Å². The van der Waals surface area contributed by atoms with E-state index < -0.39 is 28.1 Å². The third-order valence-corrected chi connectivity index (χ3v) is 7.93. The maximum absolute atomic E-state index is 13.5. The van der Waals surface area contributed by atoms with E-state index >= 15 is 0 Å². The SMILES string of the molecule is CC(=NC(=O)OCc1ccc([N+](=O)[O-])cc1)N1CCN(C(=O)[C@@H]2C[C@H](S)CN2C(C)=NC(=O)OCc2ccc([N+](=O)[O-])cc2)CC1. The quantitative estimate of drug-likeness (QED) is 0.150. The first-order chi connectivity index (χ1) is 21.9. The molecule has 0 spiro atoms. The monoisotopic (exact) mass is 655 g/mol. The van der Waals surface area contributed by atoms with Crippen molar-refractivity contribution in [2.45, 2.75) is 44.8 Å². The molecule has 2 heterocycles. The van der Waals surface area contributed by atoms with E-state index in [4.69, 9.17) is 9.47 Å². The molecule has 17 heteroatoms. The zero-order valence-corrected chi connectivity index (χ0v) is 26.1. The molecule has 3 amide bonds. The number of carbonyl (C=O) groups is 3. The number of nitro benzene ring substituents is 2. The van der Waals surface area contributed by atoms with Gasteiger partial charge in [0.15, 0.2) is 0 Å². The minimum atomic E-state index is -0.848. The molecule has 2 fully saturated rings. The summed E-state index contributed by atoms with van der Waals surface area (Å²) >= 11 is 4.57. The van der Waals surface area contributed by atoms with Crippen LogP contribution in [-0.2, 0) is 27.5 Å². The number of rotatable bonds is 7. The Hall–Kier alpha value is -5.06. The van der Waals surface area contributed by atoms with Gasteiger partial charge in [-0.25, -0.2) is 9.59 Å². The number of hydrogen-bond donors (Lipinski definition) is 1. The number of non-ortho nitro benzene ring substituents is 2. The number of hydrogen-bond acceptors (Lipinski definition) is 10. The van der Waals surface area contributed by atoms with E-state index in [-0.39, 0.29) is 35.7 Å². The van der Waals surface area contributed by atoms with Crippen molar-refractivity contribution in [3.8, 4) is 0 Å². The van der Waals surface area contributed by atoms with Gasteiger partial charge in [-0.05, 0) is 55.7 Å². The number of likely N-dealkylation sites (tertiary alicyclic amines) is 1. The third-order valence-electron chi connectivity index (χ3n) is 7.55. The van der Waals surface area contributed by atoms with E-state index in [0.717, 1.165) is 0 Å². The largest absolute Gasteiger partial charge is 0.443 e. The van der Waals surface area contributed by atoms with E-state index in [2.05, 4.69) is 22.6 Å². The lowest BCUT2D eigenvalue weighted by Crippen LogP contribution is -2.55. The predicted molar refractivity (Wildman–Crippen MR) is 169 cm³/mol. The molecule has 0 saturated carbocycles. The van der Waals surface area contributed by atoms with Crippen molar-refractivity contribution in [2.24, 2.45) is 9.98 Å². The molecule has 2 aliphatic rings. The molecule has 2 aromatic rings. The molecule has 46 heavy (non-hydrogen) atoms. The fourth-order valence-electron chi connectivity index (χ4n) is 5.05. The Morgan fingerprint density at radius 1 is 0.783 bits per heavy atom. The highest BCUT2D eigenvalue weighted by molar-refractivity contribution is 7.81. The van der Waals surface area contributed by atoms with E-state index in [0.29, 0.717) is 61.9 Å². The van der Waals surface area contributed by atoms with Gasteiger partial charge in [0.05, 0.1) is 9.85 Å². The topological polar surface area (TPSA) is 190 Å². The Balaban J connectivity index is 1.26. The van der Waals surface area contributed by atoms with Crippen molar-refractivity contribution in [2.75, 3.05) is 32.7 Å². The highest BCUT2D eigenvalue weighted by Gasteiger charge is 2.39. The molecule has 0 aliphatic carbocycles. The molecule has 2 saturated heterocycles. The maximum atomic E-state index is 13.5. The first-order valence-corrected chi connectivity index (χ1v) is 14.8. The lowest BCUT2D eigenvalue weighted by atomic mass is 10.1. The van der Waals surface area contributed by atoms with Crippen LogP contribution in [0.2, 0.25) is 0 Å². The summed E-state index contributed by atoms with van der Waals surface area (Å²) in [6.07, 6.45) is -1.18. The highest BCUT2D eigenvalue weighted by Crippen LogP contribution is 2.25. The molecule has 0 unspecified atom stereocenters. The van der Waals surface area contributed by atoms with Crippen LogP contribution >= 0.6 is 12.6 Å². The van der Waals surface area contributed by atoms with Crippen LogP contribution in [0.1, 0.15) is 31.4 Å². The van der Waals surface area contributed by atoms with E-state index in [1.165, 1.54) is 48.5 Å². The molecule has 0 aromatic heterocycles. The normalized spacial score (nSPS) is 18.7. The molecule has 2 atom stereocenters. The van der Waals surface area contributed by atoms with Crippen LogP contribution in [0, 0.1) is 20.2 Å². The Labute approximate surface area is 269 Å². The number of nitrogens with zero attached hydrogens (tertiary/aromatic N) is 7. The number of piperazine rings is 1. The van der Waals surface area contributed by atoms with Gasteiger partial charge in [0.25, 0.3) is 11.4 Å². The van der Waals surface area contributed by atoms with Gasteiger partial charge in [-0.3, -0.25) is 25.0 Å². The van der Waals surface area contributed by atoms with Crippen molar-refractivity contribution in [3.63, 3.8) is 0 Å². The summed E-state index contributed by atoms with van der Waals surface area (Å²) in [6, 6.07) is 10.7. The zero-order valence-electron chi connectivity index (χ0n) is 25.2. The molecular formula is C29H33N7O9S. The molecular weight excluding hydrogens is 622 g/mol. The molecule has 2 aromatic carbocycles. The molecule has 4 rings (SSSR count). The first kappa shape index (κ1) is 33.8. The molecule has 16 nitrogen and oxygen atoms in total. The van der Waals surface area contributed by atoms with Crippen molar-refractivity contribution in [1.82, 2.24) is 14.7 Å². The molecule has 0 N–H and O–H groups in total.